The zero-order chi connectivity index (χ0) is 15.6. The molecule has 0 spiro atoms. The third-order valence-electron chi connectivity index (χ3n) is 3.69. The summed E-state index contributed by atoms with van der Waals surface area (Å²) in [7, 11) is -1.93. The summed E-state index contributed by atoms with van der Waals surface area (Å²) in [6, 6.07) is 5.85. The number of hydrogen-bond donors (Lipinski definition) is 0. The van der Waals surface area contributed by atoms with E-state index in [0.29, 0.717) is 13.2 Å². The van der Waals surface area contributed by atoms with Crippen molar-refractivity contribution in [3.8, 4) is 0 Å². The molecule has 1 fully saturated rings. The van der Waals surface area contributed by atoms with E-state index in [9.17, 15) is 12.8 Å². The van der Waals surface area contributed by atoms with Gasteiger partial charge in [0.1, 0.15) is 5.82 Å². The van der Waals surface area contributed by atoms with Gasteiger partial charge in [-0.1, -0.05) is 12.1 Å². The van der Waals surface area contributed by atoms with Crippen LogP contribution in [0, 0.1) is 5.82 Å². The largest absolute Gasteiger partial charge is 0.371 e. The Morgan fingerprint density at radius 2 is 1.95 bits per heavy atom. The number of morpholine rings is 1. The lowest BCUT2D eigenvalue weighted by Gasteiger charge is -2.35. The Bertz CT molecular complexity index is 574. The summed E-state index contributed by atoms with van der Waals surface area (Å²) in [5, 5.41) is 0. The third kappa shape index (κ3) is 3.60. The maximum Gasteiger partial charge on any atom is 0.282 e. The van der Waals surface area contributed by atoms with Gasteiger partial charge in [-0.2, -0.15) is 17.0 Å². The van der Waals surface area contributed by atoms with Crippen LogP contribution in [0.2, 0.25) is 0 Å². The van der Waals surface area contributed by atoms with Gasteiger partial charge in [0, 0.05) is 26.2 Å². The average molecular weight is 316 g/mol. The van der Waals surface area contributed by atoms with Crippen LogP contribution < -0.4 is 0 Å². The molecule has 21 heavy (non-hydrogen) atoms. The SMILES string of the molecule is CC(C)N(C)S(=O)(=O)N1CCO[C@@H](c2ccc(F)cc2)C1. The molecule has 2 rings (SSSR count). The smallest absolute Gasteiger partial charge is 0.282 e. The zero-order valence-corrected chi connectivity index (χ0v) is 13.3. The van der Waals surface area contributed by atoms with Crippen LogP contribution in [0.25, 0.3) is 0 Å². The van der Waals surface area contributed by atoms with Gasteiger partial charge < -0.3 is 4.74 Å². The summed E-state index contributed by atoms with van der Waals surface area (Å²) < 4.78 is 46.3. The number of nitrogens with zero attached hydrogens (tertiary/aromatic N) is 2. The lowest BCUT2D eigenvalue weighted by atomic mass is 10.1. The van der Waals surface area contributed by atoms with E-state index in [1.165, 1.54) is 20.7 Å². The van der Waals surface area contributed by atoms with Crippen molar-refractivity contribution in [3.63, 3.8) is 0 Å². The molecule has 0 unspecified atom stereocenters. The van der Waals surface area contributed by atoms with Gasteiger partial charge in [0.2, 0.25) is 0 Å². The topological polar surface area (TPSA) is 49.9 Å². The molecule has 118 valence electrons. The molecule has 0 bridgehead atoms. The minimum Gasteiger partial charge on any atom is -0.371 e. The van der Waals surface area contributed by atoms with E-state index >= 15 is 0 Å². The minimum absolute atomic E-state index is 0.109. The Morgan fingerprint density at radius 1 is 1.33 bits per heavy atom. The molecule has 7 heteroatoms. The van der Waals surface area contributed by atoms with Crippen molar-refractivity contribution in [1.29, 1.82) is 0 Å². The number of halogens is 1. The average Bonchev–Trinajstić information content (AvgIpc) is 2.47. The first kappa shape index (κ1) is 16.4. The van der Waals surface area contributed by atoms with Crippen LogP contribution in [-0.4, -0.2) is 49.8 Å². The maximum absolute atomic E-state index is 13.0. The fraction of sp³-hybridized carbons (Fsp3) is 0.571. The molecule has 0 amide bonds. The van der Waals surface area contributed by atoms with E-state index in [2.05, 4.69) is 0 Å². The second-order valence-corrected chi connectivity index (χ2v) is 7.37. The minimum atomic E-state index is -3.50. The Balaban J connectivity index is 2.16. The Kier molecular flexibility index (Phi) is 4.98. The molecule has 0 radical (unpaired) electrons. The number of hydrogen-bond acceptors (Lipinski definition) is 3. The number of benzene rings is 1. The summed E-state index contributed by atoms with van der Waals surface area (Å²) >= 11 is 0. The van der Waals surface area contributed by atoms with Gasteiger partial charge in [0.25, 0.3) is 10.2 Å². The standard InChI is InChI=1S/C14H21FN2O3S/c1-11(2)16(3)21(18,19)17-8-9-20-14(10-17)12-4-6-13(15)7-5-12/h4-7,11,14H,8-10H2,1-3H3/t14-/m1/s1. The number of rotatable bonds is 4. The lowest BCUT2D eigenvalue weighted by molar-refractivity contribution is -0.00437. The highest BCUT2D eigenvalue weighted by Crippen LogP contribution is 2.25. The third-order valence-corrected chi connectivity index (χ3v) is 5.82. The molecule has 1 aliphatic rings. The normalized spacial score (nSPS) is 21.1. The first-order valence-electron chi connectivity index (χ1n) is 6.92. The quantitative estimate of drug-likeness (QED) is 0.851. The van der Waals surface area contributed by atoms with Gasteiger partial charge in [-0.3, -0.25) is 0 Å². The molecule has 1 saturated heterocycles. The van der Waals surface area contributed by atoms with Crippen molar-refractivity contribution in [1.82, 2.24) is 8.61 Å². The summed E-state index contributed by atoms with van der Waals surface area (Å²) in [5.41, 5.74) is 0.781. The van der Waals surface area contributed by atoms with Crippen molar-refractivity contribution >= 4 is 10.2 Å². The molecule has 1 aliphatic heterocycles. The Hall–Kier alpha value is -1.02. The van der Waals surface area contributed by atoms with Crippen molar-refractivity contribution in [3.05, 3.63) is 35.6 Å². The van der Waals surface area contributed by atoms with Gasteiger partial charge in [-0.25, -0.2) is 4.39 Å². The van der Waals surface area contributed by atoms with Crippen LogP contribution in [0.4, 0.5) is 4.39 Å². The van der Waals surface area contributed by atoms with Gasteiger partial charge in [0.05, 0.1) is 12.7 Å². The second kappa shape index (κ2) is 6.39. The van der Waals surface area contributed by atoms with E-state index in [1.807, 2.05) is 13.8 Å². The maximum atomic E-state index is 13.0. The fourth-order valence-corrected chi connectivity index (χ4v) is 3.69. The highest BCUT2D eigenvalue weighted by Gasteiger charge is 2.33. The van der Waals surface area contributed by atoms with Crippen molar-refractivity contribution in [2.45, 2.75) is 26.0 Å². The Morgan fingerprint density at radius 3 is 2.52 bits per heavy atom. The van der Waals surface area contributed by atoms with Crippen LogP contribution in [0.15, 0.2) is 24.3 Å². The fourth-order valence-electron chi connectivity index (χ4n) is 2.16. The molecule has 1 atom stereocenters. The van der Waals surface area contributed by atoms with Gasteiger partial charge in [-0.15, -0.1) is 0 Å². The summed E-state index contributed by atoms with van der Waals surface area (Å²) in [4.78, 5) is 0. The summed E-state index contributed by atoms with van der Waals surface area (Å²) in [6.07, 6.45) is -0.366. The molecule has 0 saturated carbocycles. The first-order chi connectivity index (χ1) is 9.82. The predicted octanol–water partition coefficient (Wildman–Crippen LogP) is 1.78. The van der Waals surface area contributed by atoms with Gasteiger partial charge >= 0.3 is 0 Å². The van der Waals surface area contributed by atoms with E-state index in [4.69, 9.17) is 4.74 Å². The van der Waals surface area contributed by atoms with E-state index < -0.39 is 10.2 Å². The Labute approximate surface area is 125 Å². The molecule has 1 aromatic rings. The molecule has 0 aromatic heterocycles. The van der Waals surface area contributed by atoms with Crippen LogP contribution in [-0.2, 0) is 14.9 Å². The molecule has 1 heterocycles. The van der Waals surface area contributed by atoms with Crippen molar-refractivity contribution in [2.24, 2.45) is 0 Å². The highest BCUT2D eigenvalue weighted by molar-refractivity contribution is 7.86. The predicted molar refractivity (Wildman–Crippen MR) is 78.5 cm³/mol. The van der Waals surface area contributed by atoms with E-state index in [-0.39, 0.29) is 24.5 Å². The first-order valence-corrected chi connectivity index (χ1v) is 8.32. The van der Waals surface area contributed by atoms with Gasteiger partial charge in [0.15, 0.2) is 0 Å². The molecule has 0 N–H and O–H groups in total. The number of ether oxygens (including phenoxy) is 1. The monoisotopic (exact) mass is 316 g/mol. The molecule has 5 nitrogen and oxygen atoms in total. The van der Waals surface area contributed by atoms with E-state index in [0.717, 1.165) is 5.56 Å². The van der Waals surface area contributed by atoms with Crippen LogP contribution in [0.5, 0.6) is 0 Å². The molecule has 0 aliphatic carbocycles. The summed E-state index contributed by atoms with van der Waals surface area (Å²) in [5.74, 6) is -0.321. The molecular weight excluding hydrogens is 295 g/mol. The second-order valence-electron chi connectivity index (χ2n) is 5.39. The van der Waals surface area contributed by atoms with Crippen LogP contribution >= 0.6 is 0 Å². The van der Waals surface area contributed by atoms with Gasteiger partial charge in [-0.05, 0) is 31.5 Å². The van der Waals surface area contributed by atoms with E-state index in [1.54, 1.807) is 19.2 Å². The zero-order valence-electron chi connectivity index (χ0n) is 12.5. The summed E-state index contributed by atoms with van der Waals surface area (Å²) in [6.45, 7) is 4.56. The van der Waals surface area contributed by atoms with Crippen molar-refractivity contribution in [2.75, 3.05) is 26.7 Å². The lowest BCUT2D eigenvalue weighted by Crippen LogP contribution is -2.49. The van der Waals surface area contributed by atoms with Crippen LogP contribution in [0.3, 0.4) is 0 Å². The van der Waals surface area contributed by atoms with Crippen LogP contribution in [0.1, 0.15) is 25.5 Å². The molecular formula is C14H21FN2O3S. The van der Waals surface area contributed by atoms with Crippen molar-refractivity contribution < 1.29 is 17.5 Å². The molecule has 1 aromatic carbocycles. The highest BCUT2D eigenvalue weighted by atomic mass is 32.2.